The predicted octanol–water partition coefficient (Wildman–Crippen LogP) is 5.26. The highest BCUT2D eigenvalue weighted by atomic mass is 35.5. The number of nitrogens with zero attached hydrogens (tertiary/aromatic N) is 3. The summed E-state index contributed by atoms with van der Waals surface area (Å²) in [5, 5.41) is 0.771. The molecule has 0 bridgehead atoms. The molecule has 0 aliphatic heterocycles. The number of nitrogen functional groups attached to an aromatic ring is 1. The third-order valence-corrected chi connectivity index (χ3v) is 6.64. The number of esters is 1. The van der Waals surface area contributed by atoms with Crippen LogP contribution in [0.5, 0.6) is 23.0 Å². The maximum Gasteiger partial charge on any atom is 0.355 e. The third-order valence-electron chi connectivity index (χ3n) is 6.64. The minimum atomic E-state index is -0.724. The summed E-state index contributed by atoms with van der Waals surface area (Å²) >= 11 is 0. The van der Waals surface area contributed by atoms with Crippen molar-refractivity contribution in [3.05, 3.63) is 94.9 Å². The number of pyridine rings is 1. The molecule has 2 N–H and O–H groups in total. The minimum absolute atomic E-state index is 0. The topological polar surface area (TPSA) is 137 Å². The molecule has 3 aromatic carbocycles. The van der Waals surface area contributed by atoms with E-state index in [1.807, 2.05) is 0 Å². The first-order valence-corrected chi connectivity index (χ1v) is 12.7. The molecular formula is C31H30Cl2N4O7. The van der Waals surface area contributed by atoms with Crippen LogP contribution in [0.2, 0.25) is 0 Å². The molecule has 11 nitrogen and oxygen atoms in total. The Balaban J connectivity index is 0.00000264. The van der Waals surface area contributed by atoms with Gasteiger partial charge in [-0.3, -0.25) is 19.3 Å². The molecule has 2 heterocycles. The SMILES string of the molecule is COC(=O)c1c(-c2cc(OC)c(OC)c(OC)c2)c2ccc(OCc3cnccn3)cc2c(=O)n1-c1ccc(N)cc1.Cl.Cl. The van der Waals surface area contributed by atoms with E-state index in [-0.39, 0.29) is 37.1 Å². The standard InChI is InChI=1S/C31H28N4O7.2ClH/c1-38-25-13-18(14-26(39-2)29(25)40-3)27-23-10-9-22(42-17-20-16-33-11-12-34-20)15-24(23)30(36)35(28(27)31(37)41-4)21-7-5-19(32)6-8-21;;/h5-16H,17,32H2,1-4H3;2*1H. The van der Waals surface area contributed by atoms with E-state index in [0.717, 1.165) is 0 Å². The zero-order chi connectivity index (χ0) is 29.8. The van der Waals surface area contributed by atoms with E-state index in [1.165, 1.54) is 33.0 Å². The first kappa shape index (κ1) is 33.5. The van der Waals surface area contributed by atoms with Gasteiger partial charge >= 0.3 is 5.97 Å². The number of benzene rings is 3. The summed E-state index contributed by atoms with van der Waals surface area (Å²) < 4.78 is 29.1. The number of aromatic nitrogens is 3. The Bertz CT molecular complexity index is 1810. The van der Waals surface area contributed by atoms with Gasteiger partial charge < -0.3 is 29.4 Å². The first-order valence-electron chi connectivity index (χ1n) is 12.7. The number of methoxy groups -OCH3 is 4. The van der Waals surface area contributed by atoms with Gasteiger partial charge in [0.15, 0.2) is 11.5 Å². The molecule has 0 saturated carbocycles. The lowest BCUT2D eigenvalue weighted by Gasteiger charge is -2.21. The van der Waals surface area contributed by atoms with Crippen molar-refractivity contribution in [3.63, 3.8) is 0 Å². The summed E-state index contributed by atoms with van der Waals surface area (Å²) in [5.74, 6) is 0.808. The predicted molar refractivity (Wildman–Crippen MR) is 171 cm³/mol. The van der Waals surface area contributed by atoms with Gasteiger partial charge in [0.25, 0.3) is 5.56 Å². The Morgan fingerprint density at radius 1 is 0.864 bits per heavy atom. The van der Waals surface area contributed by atoms with Gasteiger partial charge in [-0.15, -0.1) is 24.8 Å². The van der Waals surface area contributed by atoms with Crippen LogP contribution in [0.1, 0.15) is 16.2 Å². The maximum atomic E-state index is 14.2. The molecular weight excluding hydrogens is 611 g/mol. The van der Waals surface area contributed by atoms with Gasteiger partial charge in [0.1, 0.15) is 18.1 Å². The van der Waals surface area contributed by atoms with E-state index in [4.69, 9.17) is 29.4 Å². The van der Waals surface area contributed by atoms with Crippen molar-refractivity contribution in [3.8, 4) is 39.8 Å². The van der Waals surface area contributed by atoms with Gasteiger partial charge in [-0.1, -0.05) is 0 Å². The number of halogens is 2. The molecule has 44 heavy (non-hydrogen) atoms. The molecule has 5 rings (SSSR count). The van der Waals surface area contributed by atoms with Gasteiger partial charge in [0.2, 0.25) is 5.75 Å². The fraction of sp³-hybridized carbons (Fsp3) is 0.161. The average molecular weight is 642 g/mol. The number of hydrogen-bond acceptors (Lipinski definition) is 10. The molecule has 0 aliphatic rings. The number of carbonyl (C=O) groups excluding carboxylic acids is 1. The van der Waals surface area contributed by atoms with Crippen molar-refractivity contribution in [2.45, 2.75) is 6.61 Å². The van der Waals surface area contributed by atoms with Crippen molar-refractivity contribution in [1.82, 2.24) is 14.5 Å². The minimum Gasteiger partial charge on any atom is -0.493 e. The highest BCUT2D eigenvalue weighted by Gasteiger charge is 2.27. The van der Waals surface area contributed by atoms with E-state index in [0.29, 0.717) is 62.0 Å². The van der Waals surface area contributed by atoms with Crippen LogP contribution in [0.4, 0.5) is 5.69 Å². The molecule has 0 fully saturated rings. The van der Waals surface area contributed by atoms with Crippen LogP contribution in [0.15, 0.2) is 78.0 Å². The molecule has 5 aromatic rings. The lowest BCUT2D eigenvalue weighted by Crippen LogP contribution is -2.27. The second kappa shape index (κ2) is 14.5. The van der Waals surface area contributed by atoms with Gasteiger partial charge in [-0.25, -0.2) is 4.79 Å². The van der Waals surface area contributed by atoms with Gasteiger partial charge in [0.05, 0.1) is 45.7 Å². The Morgan fingerprint density at radius 2 is 1.55 bits per heavy atom. The number of fused-ring (bicyclic) bond motifs is 1. The highest BCUT2D eigenvalue weighted by Crippen LogP contribution is 2.44. The van der Waals surface area contributed by atoms with E-state index in [2.05, 4.69) is 9.97 Å². The molecule has 0 spiro atoms. The van der Waals surface area contributed by atoms with Crippen LogP contribution in [0.25, 0.3) is 27.6 Å². The summed E-state index contributed by atoms with van der Waals surface area (Å²) in [6.07, 6.45) is 4.74. The van der Waals surface area contributed by atoms with Gasteiger partial charge in [0, 0.05) is 29.3 Å². The molecule has 13 heteroatoms. The van der Waals surface area contributed by atoms with Crippen LogP contribution in [-0.2, 0) is 11.3 Å². The molecule has 0 unspecified atom stereocenters. The maximum absolute atomic E-state index is 14.2. The Labute approximate surface area is 265 Å². The fourth-order valence-corrected chi connectivity index (χ4v) is 4.71. The zero-order valence-electron chi connectivity index (χ0n) is 24.2. The summed E-state index contributed by atoms with van der Waals surface area (Å²) in [4.78, 5) is 36.0. The number of hydrogen-bond donors (Lipinski definition) is 1. The summed E-state index contributed by atoms with van der Waals surface area (Å²) in [6, 6.07) is 15.1. The second-order valence-corrected chi connectivity index (χ2v) is 9.05. The van der Waals surface area contributed by atoms with Crippen molar-refractivity contribution in [1.29, 1.82) is 0 Å². The van der Waals surface area contributed by atoms with Gasteiger partial charge in [-0.05, 0) is 65.5 Å². The number of ether oxygens (including phenoxy) is 5. The molecule has 230 valence electrons. The Kier molecular flexibility index (Phi) is 11.0. The summed E-state index contributed by atoms with van der Waals surface area (Å²) in [7, 11) is 5.75. The first-order chi connectivity index (χ1) is 20.4. The van der Waals surface area contributed by atoms with Crippen LogP contribution in [0, 0.1) is 0 Å². The monoisotopic (exact) mass is 640 g/mol. The highest BCUT2D eigenvalue weighted by molar-refractivity contribution is 6.08. The average Bonchev–Trinajstić information content (AvgIpc) is 3.03. The van der Waals surface area contributed by atoms with Crippen LogP contribution in [0.3, 0.4) is 0 Å². The Morgan fingerprint density at radius 3 is 2.11 bits per heavy atom. The van der Waals surface area contributed by atoms with Gasteiger partial charge in [-0.2, -0.15) is 0 Å². The second-order valence-electron chi connectivity index (χ2n) is 9.05. The van der Waals surface area contributed by atoms with Crippen molar-refractivity contribution >= 4 is 47.2 Å². The number of anilines is 1. The number of carbonyl (C=O) groups is 1. The van der Waals surface area contributed by atoms with E-state index < -0.39 is 11.5 Å². The van der Waals surface area contributed by atoms with E-state index >= 15 is 0 Å². The van der Waals surface area contributed by atoms with Crippen molar-refractivity contribution < 1.29 is 28.5 Å². The number of rotatable bonds is 9. The van der Waals surface area contributed by atoms with Crippen molar-refractivity contribution in [2.75, 3.05) is 34.2 Å². The Hall–Kier alpha value is -5.00. The van der Waals surface area contributed by atoms with E-state index in [1.54, 1.807) is 73.2 Å². The third kappa shape index (κ3) is 6.34. The summed E-state index contributed by atoms with van der Waals surface area (Å²) in [5.41, 5.74) is 7.93. The smallest absolute Gasteiger partial charge is 0.355 e. The molecule has 0 radical (unpaired) electrons. The molecule has 0 amide bonds. The largest absolute Gasteiger partial charge is 0.493 e. The zero-order valence-corrected chi connectivity index (χ0v) is 25.9. The molecule has 2 aromatic heterocycles. The lowest BCUT2D eigenvalue weighted by molar-refractivity contribution is 0.0591. The van der Waals surface area contributed by atoms with Crippen LogP contribution in [-0.4, -0.2) is 48.9 Å². The molecule has 0 saturated heterocycles. The van der Waals surface area contributed by atoms with Crippen LogP contribution < -0.4 is 30.2 Å². The van der Waals surface area contributed by atoms with E-state index in [9.17, 15) is 9.59 Å². The quantitative estimate of drug-likeness (QED) is 0.168. The fourth-order valence-electron chi connectivity index (χ4n) is 4.71. The molecule has 0 aliphatic carbocycles. The number of nitrogens with two attached hydrogens (primary N) is 1. The lowest BCUT2D eigenvalue weighted by atomic mass is 9.95. The normalized spacial score (nSPS) is 10.3. The molecule has 0 atom stereocenters. The van der Waals surface area contributed by atoms with Crippen molar-refractivity contribution in [2.24, 2.45) is 0 Å². The van der Waals surface area contributed by atoms with Crippen LogP contribution >= 0.6 is 24.8 Å². The summed E-state index contributed by atoms with van der Waals surface area (Å²) in [6.45, 7) is 0.144.